The Bertz CT molecular complexity index is 569. The molecule has 3 N–H and O–H groups in total. The molecule has 0 radical (unpaired) electrons. The molecule has 1 aromatic carbocycles. The first-order chi connectivity index (χ1) is 9.44. The Labute approximate surface area is 121 Å². The molecule has 0 saturated heterocycles. The van der Waals surface area contributed by atoms with Crippen LogP contribution in [0.5, 0.6) is 0 Å². The molecular weight excluding hydrogens is 272 g/mol. The standard InChI is InChI=1S/C15H24N2O2S/c1-11-4-3-5-14(11)10-17-20(18,19)15-8-13(9-16)7-6-12(15)2/h6-8,11,14,17H,3-5,9-10,16H2,1-2H3. The van der Waals surface area contributed by atoms with E-state index >= 15 is 0 Å². The van der Waals surface area contributed by atoms with Crippen LogP contribution in [0.15, 0.2) is 23.1 Å². The summed E-state index contributed by atoms with van der Waals surface area (Å²) in [7, 11) is -3.44. The van der Waals surface area contributed by atoms with E-state index in [1.54, 1.807) is 6.07 Å². The molecule has 0 amide bonds. The van der Waals surface area contributed by atoms with Gasteiger partial charge in [0.15, 0.2) is 0 Å². The minimum absolute atomic E-state index is 0.350. The average molecular weight is 296 g/mol. The number of rotatable bonds is 5. The van der Waals surface area contributed by atoms with E-state index in [2.05, 4.69) is 11.6 Å². The summed E-state index contributed by atoms with van der Waals surface area (Å²) in [5.41, 5.74) is 7.19. The Morgan fingerprint density at radius 3 is 2.70 bits per heavy atom. The molecule has 4 nitrogen and oxygen atoms in total. The largest absolute Gasteiger partial charge is 0.326 e. The first-order valence-electron chi connectivity index (χ1n) is 7.23. The number of nitrogens with one attached hydrogen (secondary N) is 1. The van der Waals surface area contributed by atoms with E-state index in [4.69, 9.17) is 5.73 Å². The van der Waals surface area contributed by atoms with Crippen LogP contribution in [-0.4, -0.2) is 15.0 Å². The summed E-state index contributed by atoms with van der Waals surface area (Å²) in [6.07, 6.45) is 3.52. The van der Waals surface area contributed by atoms with Crippen LogP contribution in [0.3, 0.4) is 0 Å². The van der Waals surface area contributed by atoms with Gasteiger partial charge < -0.3 is 5.73 Å². The Hall–Kier alpha value is -0.910. The SMILES string of the molecule is Cc1ccc(CN)cc1S(=O)(=O)NCC1CCCC1C. The van der Waals surface area contributed by atoms with E-state index < -0.39 is 10.0 Å². The third-order valence-electron chi connectivity index (χ3n) is 4.35. The van der Waals surface area contributed by atoms with E-state index in [9.17, 15) is 8.42 Å². The van der Waals surface area contributed by atoms with Gasteiger partial charge in [-0.15, -0.1) is 0 Å². The van der Waals surface area contributed by atoms with Crippen molar-refractivity contribution >= 4 is 10.0 Å². The zero-order valence-electron chi connectivity index (χ0n) is 12.2. The van der Waals surface area contributed by atoms with Crippen molar-refractivity contribution in [3.63, 3.8) is 0 Å². The molecule has 1 saturated carbocycles. The van der Waals surface area contributed by atoms with Crippen LogP contribution in [0.1, 0.15) is 37.3 Å². The maximum Gasteiger partial charge on any atom is 0.240 e. The lowest BCUT2D eigenvalue weighted by Gasteiger charge is -2.17. The van der Waals surface area contributed by atoms with Gasteiger partial charge in [-0.1, -0.05) is 31.9 Å². The van der Waals surface area contributed by atoms with E-state index in [1.807, 2.05) is 19.1 Å². The third-order valence-corrected chi connectivity index (χ3v) is 5.92. The molecule has 0 aliphatic heterocycles. The van der Waals surface area contributed by atoms with Crippen LogP contribution < -0.4 is 10.5 Å². The van der Waals surface area contributed by atoms with Gasteiger partial charge in [0.25, 0.3) is 0 Å². The monoisotopic (exact) mass is 296 g/mol. The highest BCUT2D eigenvalue weighted by Gasteiger charge is 2.25. The molecule has 0 bridgehead atoms. The maximum atomic E-state index is 12.4. The zero-order valence-corrected chi connectivity index (χ0v) is 13.0. The lowest BCUT2D eigenvalue weighted by molar-refractivity contribution is 0.414. The molecule has 0 spiro atoms. The van der Waals surface area contributed by atoms with Crippen LogP contribution >= 0.6 is 0 Å². The number of sulfonamides is 1. The molecule has 0 aromatic heterocycles. The highest BCUT2D eigenvalue weighted by atomic mass is 32.2. The Kier molecular flexibility index (Phi) is 4.83. The first-order valence-corrected chi connectivity index (χ1v) is 8.71. The van der Waals surface area contributed by atoms with Gasteiger partial charge in [0, 0.05) is 13.1 Å². The van der Waals surface area contributed by atoms with Crippen molar-refractivity contribution in [2.45, 2.75) is 44.6 Å². The minimum Gasteiger partial charge on any atom is -0.326 e. The molecule has 2 unspecified atom stereocenters. The summed E-state index contributed by atoms with van der Waals surface area (Å²) in [6.45, 7) is 4.90. The molecule has 1 aromatic rings. The average Bonchev–Trinajstić information content (AvgIpc) is 2.82. The van der Waals surface area contributed by atoms with Crippen molar-refractivity contribution in [1.29, 1.82) is 0 Å². The van der Waals surface area contributed by atoms with Crippen LogP contribution in [-0.2, 0) is 16.6 Å². The summed E-state index contributed by atoms with van der Waals surface area (Å²) in [6, 6.07) is 5.36. The van der Waals surface area contributed by atoms with Crippen LogP contribution in [0.4, 0.5) is 0 Å². The van der Waals surface area contributed by atoms with Crippen molar-refractivity contribution in [3.8, 4) is 0 Å². The lowest BCUT2D eigenvalue weighted by atomic mass is 9.99. The van der Waals surface area contributed by atoms with Gasteiger partial charge in [0.2, 0.25) is 10.0 Å². The second-order valence-corrected chi connectivity index (χ2v) is 7.56. The predicted octanol–water partition coefficient (Wildman–Crippen LogP) is 2.17. The van der Waals surface area contributed by atoms with E-state index in [1.165, 1.54) is 12.8 Å². The second kappa shape index (κ2) is 6.24. The Balaban J connectivity index is 2.13. The van der Waals surface area contributed by atoms with Gasteiger partial charge in [0.1, 0.15) is 0 Å². The molecule has 2 rings (SSSR count). The topological polar surface area (TPSA) is 72.2 Å². The summed E-state index contributed by atoms with van der Waals surface area (Å²) in [4.78, 5) is 0.353. The van der Waals surface area contributed by atoms with E-state index in [-0.39, 0.29) is 0 Å². The molecule has 1 aliphatic carbocycles. The van der Waals surface area contributed by atoms with Gasteiger partial charge in [-0.2, -0.15) is 0 Å². The summed E-state index contributed by atoms with van der Waals surface area (Å²) >= 11 is 0. The molecule has 1 aliphatic rings. The highest BCUT2D eigenvalue weighted by Crippen LogP contribution is 2.30. The van der Waals surface area contributed by atoms with Crippen molar-refractivity contribution < 1.29 is 8.42 Å². The molecule has 1 fully saturated rings. The van der Waals surface area contributed by atoms with Crippen LogP contribution in [0.2, 0.25) is 0 Å². The Morgan fingerprint density at radius 1 is 1.35 bits per heavy atom. The van der Waals surface area contributed by atoms with Gasteiger partial charge in [-0.25, -0.2) is 13.1 Å². The lowest BCUT2D eigenvalue weighted by Crippen LogP contribution is -2.31. The Morgan fingerprint density at radius 2 is 2.10 bits per heavy atom. The number of benzene rings is 1. The van der Waals surface area contributed by atoms with Gasteiger partial charge in [-0.3, -0.25) is 0 Å². The summed E-state index contributed by atoms with van der Waals surface area (Å²) < 4.78 is 27.6. The number of aryl methyl sites for hydroxylation is 1. The summed E-state index contributed by atoms with van der Waals surface area (Å²) in [5, 5.41) is 0. The predicted molar refractivity (Wildman–Crippen MR) is 80.8 cm³/mol. The number of hydrogen-bond acceptors (Lipinski definition) is 3. The minimum atomic E-state index is -3.44. The molecule has 5 heteroatoms. The van der Waals surface area contributed by atoms with Crippen molar-refractivity contribution in [2.75, 3.05) is 6.54 Å². The van der Waals surface area contributed by atoms with Crippen molar-refractivity contribution in [3.05, 3.63) is 29.3 Å². The molecular formula is C15H24N2O2S. The molecule has 20 heavy (non-hydrogen) atoms. The fourth-order valence-electron chi connectivity index (χ4n) is 2.88. The van der Waals surface area contributed by atoms with Crippen LogP contribution in [0.25, 0.3) is 0 Å². The van der Waals surface area contributed by atoms with Crippen molar-refractivity contribution in [2.24, 2.45) is 17.6 Å². The van der Waals surface area contributed by atoms with Gasteiger partial charge >= 0.3 is 0 Å². The van der Waals surface area contributed by atoms with Crippen molar-refractivity contribution in [1.82, 2.24) is 4.72 Å². The number of hydrogen-bond donors (Lipinski definition) is 2. The second-order valence-electron chi connectivity index (χ2n) is 5.82. The third kappa shape index (κ3) is 3.40. The fraction of sp³-hybridized carbons (Fsp3) is 0.600. The van der Waals surface area contributed by atoms with Gasteiger partial charge in [-0.05, 0) is 42.4 Å². The summed E-state index contributed by atoms with van der Waals surface area (Å²) in [5.74, 6) is 1.07. The molecule has 2 atom stereocenters. The molecule has 112 valence electrons. The smallest absolute Gasteiger partial charge is 0.240 e. The van der Waals surface area contributed by atoms with E-state index in [0.29, 0.717) is 29.8 Å². The van der Waals surface area contributed by atoms with E-state index in [0.717, 1.165) is 17.5 Å². The fourth-order valence-corrected chi connectivity index (χ4v) is 4.27. The number of nitrogens with two attached hydrogens (primary N) is 1. The molecule has 0 heterocycles. The highest BCUT2D eigenvalue weighted by molar-refractivity contribution is 7.89. The maximum absolute atomic E-state index is 12.4. The van der Waals surface area contributed by atoms with Gasteiger partial charge in [0.05, 0.1) is 4.90 Å². The quantitative estimate of drug-likeness (QED) is 0.874. The van der Waals surface area contributed by atoms with Crippen LogP contribution in [0, 0.1) is 18.8 Å². The first kappa shape index (κ1) is 15.5. The zero-order chi connectivity index (χ0) is 14.8. The normalized spacial score (nSPS) is 23.1.